The van der Waals surface area contributed by atoms with Crippen molar-refractivity contribution >= 4 is 10.0 Å². The fourth-order valence-electron chi connectivity index (χ4n) is 1.54. The molecule has 0 radical (unpaired) electrons. The summed E-state index contributed by atoms with van der Waals surface area (Å²) in [6, 6.07) is 7.16. The fourth-order valence-corrected chi connectivity index (χ4v) is 2.88. The SMILES string of the molecule is O=S1(=O)NCCCc2ccccc21. The number of aryl methyl sites for hydroxylation is 1. The van der Waals surface area contributed by atoms with Gasteiger partial charge in [-0.3, -0.25) is 0 Å². The lowest BCUT2D eigenvalue weighted by Gasteiger charge is -2.04. The molecule has 1 aliphatic heterocycles. The lowest BCUT2D eigenvalue weighted by Crippen LogP contribution is -2.23. The Morgan fingerprint density at radius 1 is 1.23 bits per heavy atom. The van der Waals surface area contributed by atoms with Crippen LogP contribution in [0.4, 0.5) is 0 Å². The minimum atomic E-state index is -3.23. The molecule has 3 nitrogen and oxygen atoms in total. The van der Waals surface area contributed by atoms with Crippen LogP contribution in [-0.2, 0) is 16.4 Å². The van der Waals surface area contributed by atoms with Crippen LogP contribution in [0.3, 0.4) is 0 Å². The van der Waals surface area contributed by atoms with Gasteiger partial charge in [0, 0.05) is 6.54 Å². The van der Waals surface area contributed by atoms with E-state index in [9.17, 15) is 8.42 Å². The molecule has 0 fully saturated rings. The Labute approximate surface area is 77.8 Å². The van der Waals surface area contributed by atoms with Crippen molar-refractivity contribution in [3.63, 3.8) is 0 Å². The summed E-state index contributed by atoms with van der Waals surface area (Å²) in [6.07, 6.45) is 1.71. The highest BCUT2D eigenvalue weighted by molar-refractivity contribution is 7.89. The number of hydrogen-bond donors (Lipinski definition) is 1. The molecule has 1 aromatic carbocycles. The third-order valence-electron chi connectivity index (χ3n) is 2.18. The van der Waals surface area contributed by atoms with Gasteiger partial charge in [-0.1, -0.05) is 18.2 Å². The number of nitrogens with one attached hydrogen (secondary N) is 1. The highest BCUT2D eigenvalue weighted by atomic mass is 32.2. The Bertz CT molecular complexity index is 411. The van der Waals surface area contributed by atoms with Gasteiger partial charge in [-0.05, 0) is 24.5 Å². The summed E-state index contributed by atoms with van der Waals surface area (Å²) in [5, 5.41) is 0. The molecular formula is C9H11NO2S. The number of fused-ring (bicyclic) bond motifs is 1. The van der Waals surface area contributed by atoms with Gasteiger partial charge in [-0.25, -0.2) is 13.1 Å². The van der Waals surface area contributed by atoms with Crippen LogP contribution in [0.25, 0.3) is 0 Å². The Morgan fingerprint density at radius 3 is 2.85 bits per heavy atom. The second kappa shape index (κ2) is 3.12. The predicted molar refractivity (Wildman–Crippen MR) is 50.0 cm³/mol. The molecule has 1 N–H and O–H groups in total. The van der Waals surface area contributed by atoms with E-state index in [1.54, 1.807) is 12.1 Å². The summed E-state index contributed by atoms with van der Waals surface area (Å²) < 4.78 is 25.7. The molecule has 1 aromatic rings. The highest BCUT2D eigenvalue weighted by Gasteiger charge is 2.19. The van der Waals surface area contributed by atoms with Crippen LogP contribution in [0.1, 0.15) is 12.0 Å². The molecule has 4 heteroatoms. The molecule has 0 aromatic heterocycles. The smallest absolute Gasteiger partial charge is 0.211 e. The van der Waals surface area contributed by atoms with Crippen molar-refractivity contribution in [1.29, 1.82) is 0 Å². The zero-order chi connectivity index (χ0) is 9.31. The Balaban J connectivity index is 2.62. The van der Waals surface area contributed by atoms with Gasteiger partial charge in [0.2, 0.25) is 10.0 Å². The monoisotopic (exact) mass is 197 g/mol. The van der Waals surface area contributed by atoms with E-state index < -0.39 is 10.0 Å². The molecule has 0 saturated heterocycles. The van der Waals surface area contributed by atoms with Gasteiger partial charge in [-0.2, -0.15) is 0 Å². The minimum Gasteiger partial charge on any atom is -0.211 e. The first-order valence-electron chi connectivity index (χ1n) is 4.28. The van der Waals surface area contributed by atoms with Gasteiger partial charge < -0.3 is 0 Å². The number of sulfonamides is 1. The van der Waals surface area contributed by atoms with Crippen LogP contribution in [0.2, 0.25) is 0 Å². The van der Waals surface area contributed by atoms with Gasteiger partial charge in [0.25, 0.3) is 0 Å². The second-order valence-electron chi connectivity index (χ2n) is 3.11. The molecule has 0 aliphatic carbocycles. The summed E-state index contributed by atoms with van der Waals surface area (Å²) in [4.78, 5) is 0.438. The maximum absolute atomic E-state index is 11.6. The normalized spacial score (nSPS) is 20.3. The average molecular weight is 197 g/mol. The van der Waals surface area contributed by atoms with E-state index in [4.69, 9.17) is 0 Å². The van der Waals surface area contributed by atoms with Crippen molar-refractivity contribution < 1.29 is 8.42 Å². The van der Waals surface area contributed by atoms with Gasteiger partial charge in [-0.15, -0.1) is 0 Å². The molecule has 1 aliphatic rings. The van der Waals surface area contributed by atoms with E-state index in [1.807, 2.05) is 12.1 Å². The predicted octanol–water partition coefficient (Wildman–Crippen LogP) is 0.911. The number of rotatable bonds is 0. The first-order chi connectivity index (χ1) is 6.20. The molecule has 0 saturated carbocycles. The molecule has 0 amide bonds. The minimum absolute atomic E-state index is 0.438. The Kier molecular flexibility index (Phi) is 2.09. The summed E-state index contributed by atoms with van der Waals surface area (Å²) in [7, 11) is -3.23. The summed E-state index contributed by atoms with van der Waals surface area (Å²) >= 11 is 0. The van der Waals surface area contributed by atoms with Crippen LogP contribution in [-0.4, -0.2) is 15.0 Å². The van der Waals surface area contributed by atoms with Gasteiger partial charge in [0.05, 0.1) is 4.90 Å². The topological polar surface area (TPSA) is 46.2 Å². The molecule has 70 valence electrons. The Hall–Kier alpha value is -0.870. The maximum Gasteiger partial charge on any atom is 0.240 e. The third-order valence-corrected chi connectivity index (χ3v) is 3.74. The van der Waals surface area contributed by atoms with E-state index >= 15 is 0 Å². The van der Waals surface area contributed by atoms with Crippen LogP contribution in [0.15, 0.2) is 29.2 Å². The van der Waals surface area contributed by atoms with Crippen LogP contribution in [0.5, 0.6) is 0 Å². The van der Waals surface area contributed by atoms with Crippen LogP contribution in [0, 0.1) is 0 Å². The molecule has 0 atom stereocenters. The first-order valence-corrected chi connectivity index (χ1v) is 5.76. The average Bonchev–Trinajstić information content (AvgIpc) is 2.26. The molecule has 0 unspecified atom stereocenters. The van der Waals surface area contributed by atoms with Crippen molar-refractivity contribution in [3.05, 3.63) is 29.8 Å². The molecule has 2 rings (SSSR count). The van der Waals surface area contributed by atoms with Crippen LogP contribution < -0.4 is 4.72 Å². The maximum atomic E-state index is 11.6. The molecule has 13 heavy (non-hydrogen) atoms. The standard InChI is InChI=1S/C9H11NO2S/c11-13(12)9-6-2-1-4-8(9)5-3-7-10-13/h1-2,4,6,10H,3,5,7H2. The fraction of sp³-hybridized carbons (Fsp3) is 0.333. The lowest BCUT2D eigenvalue weighted by atomic mass is 10.1. The Morgan fingerprint density at radius 2 is 2.00 bits per heavy atom. The summed E-state index contributed by atoms with van der Waals surface area (Å²) in [6.45, 7) is 0.539. The van der Waals surface area contributed by atoms with E-state index in [-0.39, 0.29) is 0 Å². The van der Waals surface area contributed by atoms with Gasteiger partial charge in [0.1, 0.15) is 0 Å². The number of hydrogen-bond acceptors (Lipinski definition) is 2. The molecular weight excluding hydrogens is 186 g/mol. The molecule has 0 bridgehead atoms. The van der Waals surface area contributed by atoms with Crippen molar-refractivity contribution in [1.82, 2.24) is 4.72 Å². The van der Waals surface area contributed by atoms with Crippen molar-refractivity contribution in [2.75, 3.05) is 6.54 Å². The van der Waals surface area contributed by atoms with Gasteiger partial charge in [0.15, 0.2) is 0 Å². The van der Waals surface area contributed by atoms with Gasteiger partial charge >= 0.3 is 0 Å². The van der Waals surface area contributed by atoms with E-state index in [1.165, 1.54) is 0 Å². The highest BCUT2D eigenvalue weighted by Crippen LogP contribution is 2.19. The second-order valence-corrected chi connectivity index (χ2v) is 4.84. The zero-order valence-corrected chi connectivity index (χ0v) is 7.97. The largest absolute Gasteiger partial charge is 0.240 e. The summed E-state index contributed by atoms with van der Waals surface area (Å²) in [5.41, 5.74) is 0.924. The van der Waals surface area contributed by atoms with Crippen molar-refractivity contribution in [2.45, 2.75) is 17.7 Å². The van der Waals surface area contributed by atoms with Crippen LogP contribution >= 0.6 is 0 Å². The summed E-state index contributed by atoms with van der Waals surface area (Å²) in [5.74, 6) is 0. The third kappa shape index (κ3) is 1.59. The number of benzene rings is 1. The molecule has 0 spiro atoms. The van der Waals surface area contributed by atoms with Crippen molar-refractivity contribution in [2.24, 2.45) is 0 Å². The van der Waals surface area contributed by atoms with Crippen molar-refractivity contribution in [3.8, 4) is 0 Å². The zero-order valence-electron chi connectivity index (χ0n) is 7.16. The molecule has 1 heterocycles. The van der Waals surface area contributed by atoms with E-state index in [0.29, 0.717) is 11.4 Å². The van der Waals surface area contributed by atoms with E-state index in [0.717, 1.165) is 18.4 Å². The van der Waals surface area contributed by atoms with E-state index in [2.05, 4.69) is 4.72 Å². The first kappa shape index (κ1) is 8.72. The quantitative estimate of drug-likeness (QED) is 0.672. The lowest BCUT2D eigenvalue weighted by molar-refractivity contribution is 0.583.